The first-order valence-electron chi connectivity index (χ1n) is 12.6. The highest BCUT2D eigenvalue weighted by molar-refractivity contribution is 5.80. The van der Waals surface area contributed by atoms with Gasteiger partial charge in [0.1, 0.15) is 5.82 Å². The average Bonchev–Trinajstić information content (AvgIpc) is 3.33. The first-order valence-corrected chi connectivity index (χ1v) is 12.6. The van der Waals surface area contributed by atoms with Crippen molar-refractivity contribution in [3.05, 3.63) is 115 Å². The Hall–Kier alpha value is -3.98. The van der Waals surface area contributed by atoms with Gasteiger partial charge in [-0.2, -0.15) is 0 Å². The summed E-state index contributed by atoms with van der Waals surface area (Å²) in [4.78, 5) is 0. The molecule has 0 aliphatic carbocycles. The van der Waals surface area contributed by atoms with E-state index in [2.05, 4.69) is 142 Å². The summed E-state index contributed by atoms with van der Waals surface area (Å²) in [5.74, 6) is 2.04. The second kappa shape index (κ2) is 9.58. The van der Waals surface area contributed by atoms with Crippen LogP contribution < -0.4 is 0 Å². The molecule has 0 aliphatic heterocycles. The van der Waals surface area contributed by atoms with Gasteiger partial charge in [-0.25, -0.2) is 0 Å². The largest absolute Gasteiger partial charge is 0.278 e. The molecule has 0 saturated heterocycles. The van der Waals surface area contributed by atoms with Crippen LogP contribution in [0.5, 0.6) is 0 Å². The fraction of sp³-hybridized carbons (Fsp3) is 0.212. The Morgan fingerprint density at radius 3 is 1.92 bits per heavy atom. The van der Waals surface area contributed by atoms with Crippen LogP contribution in [-0.2, 0) is 0 Å². The van der Waals surface area contributed by atoms with Crippen molar-refractivity contribution in [2.24, 2.45) is 5.41 Å². The van der Waals surface area contributed by atoms with Crippen molar-refractivity contribution in [1.82, 2.24) is 14.8 Å². The Labute approximate surface area is 214 Å². The summed E-state index contributed by atoms with van der Waals surface area (Å²) in [7, 11) is 0. The molecule has 5 rings (SSSR count). The third kappa shape index (κ3) is 4.61. The van der Waals surface area contributed by atoms with Crippen molar-refractivity contribution in [1.29, 1.82) is 0 Å². The van der Waals surface area contributed by atoms with E-state index in [-0.39, 0.29) is 11.3 Å². The SMILES string of the molecule is Cc1cccc(-c2nnc(C(C)C(C)(C)C)n2-c2ccc(-c3ccccc3)cc2-c2ccccc2)c1. The maximum absolute atomic E-state index is 4.79. The lowest BCUT2D eigenvalue weighted by Crippen LogP contribution is -2.20. The van der Waals surface area contributed by atoms with Crippen LogP contribution in [0.3, 0.4) is 0 Å². The van der Waals surface area contributed by atoms with Gasteiger partial charge in [-0.15, -0.1) is 10.2 Å². The molecule has 3 nitrogen and oxygen atoms in total. The van der Waals surface area contributed by atoms with Crippen LogP contribution in [0.1, 0.15) is 45.0 Å². The molecule has 4 aromatic carbocycles. The van der Waals surface area contributed by atoms with E-state index in [0.29, 0.717) is 0 Å². The maximum Gasteiger partial charge on any atom is 0.168 e. The van der Waals surface area contributed by atoms with E-state index in [1.54, 1.807) is 0 Å². The van der Waals surface area contributed by atoms with E-state index in [4.69, 9.17) is 10.2 Å². The summed E-state index contributed by atoms with van der Waals surface area (Å²) >= 11 is 0. The molecule has 0 spiro atoms. The quantitative estimate of drug-likeness (QED) is 0.256. The zero-order valence-electron chi connectivity index (χ0n) is 21.7. The van der Waals surface area contributed by atoms with Gasteiger partial charge >= 0.3 is 0 Å². The molecular formula is C33H33N3. The Morgan fingerprint density at radius 1 is 0.639 bits per heavy atom. The molecule has 0 fully saturated rings. The predicted octanol–water partition coefficient (Wildman–Crippen LogP) is 8.73. The molecule has 0 N–H and O–H groups in total. The number of benzene rings is 4. The molecule has 180 valence electrons. The van der Waals surface area contributed by atoms with E-state index in [0.717, 1.165) is 28.5 Å². The van der Waals surface area contributed by atoms with Crippen molar-refractivity contribution in [3.8, 4) is 39.3 Å². The van der Waals surface area contributed by atoms with Gasteiger partial charge in [-0.05, 0) is 47.2 Å². The predicted molar refractivity (Wildman–Crippen MR) is 150 cm³/mol. The highest BCUT2D eigenvalue weighted by Gasteiger charge is 2.29. The van der Waals surface area contributed by atoms with Crippen LogP contribution in [0.4, 0.5) is 0 Å². The van der Waals surface area contributed by atoms with Gasteiger partial charge in [0.15, 0.2) is 5.82 Å². The lowest BCUT2D eigenvalue weighted by molar-refractivity contribution is 0.325. The lowest BCUT2D eigenvalue weighted by Gasteiger charge is -2.28. The minimum atomic E-state index is 0.0333. The summed E-state index contributed by atoms with van der Waals surface area (Å²) in [6.45, 7) is 11.2. The van der Waals surface area contributed by atoms with Crippen LogP contribution in [-0.4, -0.2) is 14.8 Å². The molecular weight excluding hydrogens is 438 g/mol. The second-order valence-corrected chi connectivity index (χ2v) is 10.6. The average molecular weight is 472 g/mol. The topological polar surface area (TPSA) is 30.7 Å². The molecule has 1 unspecified atom stereocenters. The van der Waals surface area contributed by atoms with E-state index in [1.807, 2.05) is 0 Å². The number of aromatic nitrogens is 3. The number of hydrogen-bond acceptors (Lipinski definition) is 2. The summed E-state index contributed by atoms with van der Waals surface area (Å²) in [5.41, 5.74) is 8.12. The Bertz CT molecular complexity index is 1470. The van der Waals surface area contributed by atoms with Crippen molar-refractivity contribution in [3.63, 3.8) is 0 Å². The van der Waals surface area contributed by atoms with Crippen molar-refractivity contribution in [2.75, 3.05) is 0 Å². The second-order valence-electron chi connectivity index (χ2n) is 10.6. The molecule has 1 atom stereocenters. The first kappa shape index (κ1) is 23.7. The fourth-order valence-corrected chi connectivity index (χ4v) is 4.56. The van der Waals surface area contributed by atoms with E-state index in [1.165, 1.54) is 22.3 Å². The highest BCUT2D eigenvalue weighted by atomic mass is 15.3. The zero-order valence-corrected chi connectivity index (χ0v) is 21.7. The third-order valence-electron chi connectivity index (χ3n) is 7.08. The molecule has 0 radical (unpaired) electrons. The first-order chi connectivity index (χ1) is 17.3. The summed E-state index contributed by atoms with van der Waals surface area (Å²) in [5, 5.41) is 9.56. The van der Waals surface area contributed by atoms with E-state index >= 15 is 0 Å². The van der Waals surface area contributed by atoms with Crippen LogP contribution in [0.25, 0.3) is 39.3 Å². The Balaban J connectivity index is 1.81. The molecule has 1 heterocycles. The van der Waals surface area contributed by atoms with Gasteiger partial charge in [0.05, 0.1) is 5.69 Å². The van der Waals surface area contributed by atoms with Gasteiger partial charge in [-0.1, -0.05) is 118 Å². The standard InChI is InChI=1S/C33H33N3/c1-23-13-12-18-28(21-23)32-35-34-31(24(2)33(3,4)5)36(32)30-20-19-27(25-14-8-6-9-15-25)22-29(30)26-16-10-7-11-17-26/h6-22,24H,1-5H3. The molecule has 1 aromatic heterocycles. The normalized spacial score (nSPS) is 12.5. The van der Waals surface area contributed by atoms with E-state index < -0.39 is 0 Å². The molecule has 0 bridgehead atoms. The lowest BCUT2D eigenvalue weighted by atomic mass is 9.81. The summed E-state index contributed by atoms with van der Waals surface area (Å²) in [6.07, 6.45) is 0. The fourth-order valence-electron chi connectivity index (χ4n) is 4.56. The molecule has 3 heteroatoms. The Morgan fingerprint density at radius 2 is 1.28 bits per heavy atom. The number of aryl methyl sites for hydroxylation is 1. The van der Waals surface area contributed by atoms with Crippen molar-refractivity contribution < 1.29 is 0 Å². The van der Waals surface area contributed by atoms with Crippen molar-refractivity contribution >= 4 is 0 Å². The van der Waals surface area contributed by atoms with Crippen LogP contribution in [0.2, 0.25) is 0 Å². The molecule has 36 heavy (non-hydrogen) atoms. The minimum absolute atomic E-state index is 0.0333. The molecule has 0 saturated carbocycles. The van der Waals surface area contributed by atoms with Gasteiger partial charge in [0, 0.05) is 17.0 Å². The number of rotatable bonds is 5. The van der Waals surface area contributed by atoms with Crippen LogP contribution in [0, 0.1) is 12.3 Å². The monoisotopic (exact) mass is 471 g/mol. The summed E-state index contributed by atoms with van der Waals surface area (Å²) < 4.78 is 2.28. The highest BCUT2D eigenvalue weighted by Crippen LogP contribution is 2.40. The van der Waals surface area contributed by atoms with Crippen LogP contribution in [0.15, 0.2) is 103 Å². The zero-order chi connectivity index (χ0) is 25.3. The summed E-state index contributed by atoms with van der Waals surface area (Å²) in [6, 6.07) is 36.4. The smallest absolute Gasteiger partial charge is 0.168 e. The molecule has 0 aliphatic rings. The molecule has 5 aromatic rings. The van der Waals surface area contributed by atoms with Gasteiger partial charge in [-0.3, -0.25) is 4.57 Å². The minimum Gasteiger partial charge on any atom is -0.278 e. The Kier molecular flexibility index (Phi) is 6.32. The van der Waals surface area contributed by atoms with Crippen LogP contribution >= 0.6 is 0 Å². The van der Waals surface area contributed by atoms with Gasteiger partial charge < -0.3 is 0 Å². The van der Waals surface area contributed by atoms with Gasteiger partial charge in [0.25, 0.3) is 0 Å². The third-order valence-corrected chi connectivity index (χ3v) is 7.08. The van der Waals surface area contributed by atoms with Crippen molar-refractivity contribution in [2.45, 2.75) is 40.5 Å². The number of nitrogens with zero attached hydrogens (tertiary/aromatic N) is 3. The van der Waals surface area contributed by atoms with Gasteiger partial charge in [0.2, 0.25) is 0 Å². The molecule has 0 amide bonds. The number of hydrogen-bond donors (Lipinski definition) is 0. The maximum atomic E-state index is 4.79. The van der Waals surface area contributed by atoms with E-state index in [9.17, 15) is 0 Å².